The van der Waals surface area contributed by atoms with Crippen LogP contribution in [0.25, 0.3) is 0 Å². The molecule has 0 bridgehead atoms. The van der Waals surface area contributed by atoms with Gasteiger partial charge in [0.25, 0.3) is 0 Å². The Morgan fingerprint density at radius 3 is 1.08 bits per heavy atom. The average molecular weight is 571 g/mol. The molecule has 0 rings (SSSR count). The summed E-state index contributed by atoms with van der Waals surface area (Å²) in [6, 6.07) is 0. The molecule has 2 atom stereocenters. The van der Waals surface area contributed by atoms with E-state index in [1.165, 1.54) is 140 Å². The van der Waals surface area contributed by atoms with Gasteiger partial charge in [-0.25, -0.2) is 0 Å². The molecule has 36 heavy (non-hydrogen) atoms. The Bertz CT molecular complexity index is 387. The molecule has 0 aromatic rings. The second kappa shape index (κ2) is 30.5. The summed E-state index contributed by atoms with van der Waals surface area (Å²) in [5.41, 5.74) is -0.539. The highest BCUT2D eigenvalue weighted by Gasteiger charge is 2.18. The minimum absolute atomic E-state index is 0.269. The maximum atomic E-state index is 10.1. The van der Waals surface area contributed by atoms with Crippen LogP contribution in [0, 0.1) is 0 Å². The molecule has 0 fully saturated rings. The van der Waals surface area contributed by atoms with Crippen LogP contribution >= 0.6 is 32.7 Å². The molecule has 0 aromatic heterocycles. The van der Waals surface area contributed by atoms with Crippen molar-refractivity contribution >= 4 is 32.7 Å². The van der Waals surface area contributed by atoms with Crippen molar-refractivity contribution in [2.24, 2.45) is 0 Å². The van der Waals surface area contributed by atoms with E-state index in [4.69, 9.17) is 17.4 Å². The van der Waals surface area contributed by atoms with Crippen LogP contribution in [0.5, 0.6) is 0 Å². The fourth-order valence-electron chi connectivity index (χ4n) is 3.90. The van der Waals surface area contributed by atoms with Crippen molar-refractivity contribution < 1.29 is 22.3 Å². The summed E-state index contributed by atoms with van der Waals surface area (Å²) in [5, 5.41) is 0. The van der Waals surface area contributed by atoms with E-state index in [0.29, 0.717) is 0 Å². The molecule has 218 valence electrons. The highest BCUT2D eigenvalue weighted by Crippen LogP contribution is 2.40. The molecule has 0 heterocycles. The molecule has 0 aliphatic carbocycles. The fraction of sp³-hybridized carbons (Fsp3) is 1.00. The normalized spacial score (nSPS) is 14.2. The van der Waals surface area contributed by atoms with Crippen LogP contribution in [-0.2, 0) is 17.4 Å². The first-order valence-electron chi connectivity index (χ1n) is 15.0. The van der Waals surface area contributed by atoms with Gasteiger partial charge in [0.05, 0.1) is 13.2 Å². The number of rotatable bonds is 30. The van der Waals surface area contributed by atoms with Crippen molar-refractivity contribution in [1.82, 2.24) is 0 Å². The van der Waals surface area contributed by atoms with Crippen molar-refractivity contribution in [3.63, 3.8) is 0 Å². The molecular formula is C28H59O5PS2. The molecule has 0 saturated heterocycles. The third-order valence-electron chi connectivity index (χ3n) is 6.05. The molecule has 2 unspecified atom stereocenters. The van der Waals surface area contributed by atoms with Crippen LogP contribution in [-0.4, -0.2) is 29.0 Å². The standard InChI is InChI=1S/C28H59O5PS2/c1-5-7-9-11-13-15-17-19-21-23-25-30-35-27(3)32-34(29)33-28(4)36-31-26-24-22-20-18-16-14-12-10-8-6-2/h27-29H,5-26H2,1-4H3. The third kappa shape index (κ3) is 29.5. The van der Waals surface area contributed by atoms with Crippen LogP contribution in [0.4, 0.5) is 0 Å². The van der Waals surface area contributed by atoms with E-state index in [2.05, 4.69) is 13.8 Å². The Hall–Kier alpha value is 0.930. The van der Waals surface area contributed by atoms with E-state index in [9.17, 15) is 4.89 Å². The largest absolute Gasteiger partial charge is 0.332 e. The topological polar surface area (TPSA) is 57.2 Å². The molecule has 5 nitrogen and oxygen atoms in total. The average Bonchev–Trinajstić information content (AvgIpc) is 2.85. The lowest BCUT2D eigenvalue weighted by molar-refractivity contribution is 0.180. The van der Waals surface area contributed by atoms with Gasteiger partial charge in [0.15, 0.2) is 0 Å². The molecule has 0 aromatic carbocycles. The van der Waals surface area contributed by atoms with E-state index in [1.54, 1.807) is 0 Å². The lowest BCUT2D eigenvalue weighted by Crippen LogP contribution is -2.06. The summed E-state index contributed by atoms with van der Waals surface area (Å²) in [4.78, 5) is 10.1. The quantitative estimate of drug-likeness (QED) is 0.0399. The Morgan fingerprint density at radius 2 is 0.778 bits per heavy atom. The summed E-state index contributed by atoms with van der Waals surface area (Å²) in [5.74, 6) is 0. The maximum absolute atomic E-state index is 10.1. The monoisotopic (exact) mass is 570 g/mol. The molecule has 0 aliphatic rings. The van der Waals surface area contributed by atoms with Crippen LogP contribution in [0.2, 0.25) is 0 Å². The van der Waals surface area contributed by atoms with Gasteiger partial charge >= 0.3 is 8.60 Å². The van der Waals surface area contributed by atoms with Crippen molar-refractivity contribution in [3.8, 4) is 0 Å². The van der Waals surface area contributed by atoms with Gasteiger partial charge in [0.1, 0.15) is 10.9 Å². The number of hydrogen-bond acceptors (Lipinski definition) is 7. The molecule has 8 heteroatoms. The zero-order valence-electron chi connectivity index (χ0n) is 24.1. The lowest BCUT2D eigenvalue weighted by atomic mass is 10.1. The molecule has 0 spiro atoms. The first kappa shape index (κ1) is 36.9. The van der Waals surface area contributed by atoms with Crippen molar-refractivity contribution in [3.05, 3.63) is 0 Å². The molecule has 0 aliphatic heterocycles. The van der Waals surface area contributed by atoms with Gasteiger partial charge in [-0.15, -0.1) is 0 Å². The second-order valence-electron chi connectivity index (χ2n) is 9.78. The summed E-state index contributed by atoms with van der Waals surface area (Å²) in [6.45, 7) is 9.72. The zero-order valence-corrected chi connectivity index (χ0v) is 26.6. The minimum atomic E-state index is -1.94. The van der Waals surface area contributed by atoms with E-state index in [1.807, 2.05) is 13.8 Å². The van der Waals surface area contributed by atoms with Gasteiger partial charge in [-0.1, -0.05) is 129 Å². The first-order chi connectivity index (χ1) is 17.6. The highest BCUT2D eigenvalue weighted by molar-refractivity contribution is 7.95. The highest BCUT2D eigenvalue weighted by atomic mass is 32.2. The minimum Gasteiger partial charge on any atom is -0.328 e. The molecule has 1 N–H and O–H groups in total. The van der Waals surface area contributed by atoms with Gasteiger partial charge in [-0.05, 0) is 26.7 Å². The van der Waals surface area contributed by atoms with Gasteiger partial charge in [0.2, 0.25) is 0 Å². The van der Waals surface area contributed by atoms with Crippen LogP contribution in [0.3, 0.4) is 0 Å². The first-order valence-corrected chi connectivity index (χ1v) is 17.7. The molecule has 0 radical (unpaired) electrons. The Morgan fingerprint density at radius 1 is 0.500 bits per heavy atom. The van der Waals surface area contributed by atoms with Crippen molar-refractivity contribution in [1.29, 1.82) is 0 Å². The van der Waals surface area contributed by atoms with Crippen molar-refractivity contribution in [2.45, 2.75) is 167 Å². The lowest BCUT2D eigenvalue weighted by Gasteiger charge is -2.18. The molecule has 0 amide bonds. The molecular weight excluding hydrogens is 511 g/mol. The third-order valence-corrected chi connectivity index (χ3v) is 8.67. The summed E-state index contributed by atoms with van der Waals surface area (Å²) < 4.78 is 22.3. The fourth-order valence-corrected chi connectivity index (χ4v) is 5.99. The smallest absolute Gasteiger partial charge is 0.328 e. The Balaban J connectivity index is 3.41. The Kier molecular flexibility index (Phi) is 31.3. The second-order valence-corrected chi connectivity index (χ2v) is 12.9. The van der Waals surface area contributed by atoms with Crippen molar-refractivity contribution in [2.75, 3.05) is 13.2 Å². The molecule has 0 saturated carbocycles. The number of unbranched alkanes of at least 4 members (excludes halogenated alkanes) is 18. The predicted octanol–water partition coefficient (Wildman–Crippen LogP) is 11.1. The predicted molar refractivity (Wildman–Crippen MR) is 161 cm³/mol. The summed E-state index contributed by atoms with van der Waals surface area (Å²) >= 11 is 2.53. The SMILES string of the molecule is CCCCCCCCCCCCOSC(C)OP(O)OC(C)SOCCCCCCCCCCCC. The van der Waals surface area contributed by atoms with Gasteiger partial charge in [-0.2, -0.15) is 0 Å². The van der Waals surface area contributed by atoms with Crippen LogP contribution < -0.4 is 0 Å². The number of hydrogen-bond donors (Lipinski definition) is 1. The Labute approximate surface area is 234 Å². The summed E-state index contributed by atoms with van der Waals surface area (Å²) in [6.07, 6.45) is 26.3. The van der Waals surface area contributed by atoms with E-state index >= 15 is 0 Å². The van der Waals surface area contributed by atoms with Gasteiger partial charge in [0, 0.05) is 24.1 Å². The van der Waals surface area contributed by atoms with E-state index in [-0.39, 0.29) is 10.9 Å². The maximum Gasteiger partial charge on any atom is 0.332 e. The summed E-state index contributed by atoms with van der Waals surface area (Å²) in [7, 11) is -1.94. The van der Waals surface area contributed by atoms with Gasteiger partial charge in [-0.3, -0.25) is 9.05 Å². The van der Waals surface area contributed by atoms with Gasteiger partial charge < -0.3 is 13.3 Å². The van der Waals surface area contributed by atoms with Crippen LogP contribution in [0.15, 0.2) is 0 Å². The zero-order chi connectivity index (χ0) is 26.5. The van der Waals surface area contributed by atoms with E-state index < -0.39 is 8.60 Å². The van der Waals surface area contributed by atoms with Crippen LogP contribution in [0.1, 0.15) is 156 Å². The van der Waals surface area contributed by atoms with E-state index in [0.717, 1.165) is 26.1 Å².